The van der Waals surface area contributed by atoms with E-state index in [-0.39, 0.29) is 18.3 Å². The number of rotatable bonds is 6. The molecule has 0 bridgehead atoms. The number of nitrogens with one attached hydrogen (secondary N) is 1. The Morgan fingerprint density at radius 2 is 2.08 bits per heavy atom. The van der Waals surface area contributed by atoms with E-state index in [4.69, 9.17) is 0 Å². The molecule has 0 saturated heterocycles. The van der Waals surface area contributed by atoms with E-state index in [2.05, 4.69) is 16.4 Å². The van der Waals surface area contributed by atoms with E-state index in [1.807, 2.05) is 36.8 Å². The molecule has 6 heteroatoms. The van der Waals surface area contributed by atoms with Gasteiger partial charge >= 0.3 is 0 Å². The predicted octanol–water partition coefficient (Wildman–Crippen LogP) is 4.03. The summed E-state index contributed by atoms with van der Waals surface area (Å²) < 4.78 is 15.2. The van der Waals surface area contributed by atoms with Gasteiger partial charge in [0.05, 0.1) is 10.7 Å². The fraction of sp³-hybridized carbons (Fsp3) is 0.300. The van der Waals surface area contributed by atoms with Crippen LogP contribution < -0.4 is 5.32 Å². The Bertz CT molecular complexity index is 929. The Morgan fingerprint density at radius 1 is 1.27 bits per heavy atom. The average molecular weight is 371 g/mol. The second-order valence-corrected chi connectivity index (χ2v) is 7.41. The van der Waals surface area contributed by atoms with Gasteiger partial charge in [-0.3, -0.25) is 4.79 Å². The molecule has 1 amide bonds. The molecule has 26 heavy (non-hydrogen) atoms. The molecule has 3 rings (SSSR count). The molecule has 0 spiro atoms. The minimum Gasteiger partial charge on any atom is -0.354 e. The molecular weight excluding hydrogens is 349 g/mol. The van der Waals surface area contributed by atoms with E-state index < -0.39 is 0 Å². The SMILES string of the molecule is Cc1nc(-c2cc(C)n(CC(=O)NCCc3cccc(F)c3)c2C)cs1. The highest BCUT2D eigenvalue weighted by Gasteiger charge is 2.15. The summed E-state index contributed by atoms with van der Waals surface area (Å²) in [4.78, 5) is 16.8. The molecule has 0 aliphatic rings. The molecule has 2 aromatic heterocycles. The fourth-order valence-corrected chi connectivity index (χ4v) is 3.64. The summed E-state index contributed by atoms with van der Waals surface area (Å²) in [6.45, 7) is 6.75. The van der Waals surface area contributed by atoms with Crippen LogP contribution in [0.2, 0.25) is 0 Å². The Labute approximate surface area is 156 Å². The van der Waals surface area contributed by atoms with Crippen molar-refractivity contribution < 1.29 is 9.18 Å². The highest BCUT2D eigenvalue weighted by molar-refractivity contribution is 7.09. The summed E-state index contributed by atoms with van der Waals surface area (Å²) in [6.07, 6.45) is 0.608. The molecule has 0 unspecified atom stereocenters. The van der Waals surface area contributed by atoms with Gasteiger partial charge in [0.15, 0.2) is 0 Å². The van der Waals surface area contributed by atoms with Crippen LogP contribution in [-0.4, -0.2) is 22.0 Å². The summed E-state index contributed by atoms with van der Waals surface area (Å²) in [5, 5.41) is 5.98. The second-order valence-electron chi connectivity index (χ2n) is 6.35. The molecule has 0 radical (unpaired) electrons. The third-order valence-electron chi connectivity index (χ3n) is 4.40. The Kier molecular flexibility index (Phi) is 5.52. The van der Waals surface area contributed by atoms with Gasteiger partial charge in [-0.05, 0) is 51.0 Å². The smallest absolute Gasteiger partial charge is 0.239 e. The first-order valence-electron chi connectivity index (χ1n) is 8.54. The largest absolute Gasteiger partial charge is 0.354 e. The van der Waals surface area contributed by atoms with Gasteiger partial charge in [0, 0.05) is 28.9 Å². The lowest BCUT2D eigenvalue weighted by atomic mass is 10.1. The highest BCUT2D eigenvalue weighted by Crippen LogP contribution is 2.27. The van der Waals surface area contributed by atoms with Gasteiger partial charge in [-0.1, -0.05) is 12.1 Å². The maximum Gasteiger partial charge on any atom is 0.239 e. The van der Waals surface area contributed by atoms with Crippen molar-refractivity contribution in [2.75, 3.05) is 6.54 Å². The molecule has 136 valence electrons. The summed E-state index contributed by atoms with van der Waals surface area (Å²) >= 11 is 1.62. The molecular formula is C20H22FN3OS. The summed E-state index contributed by atoms with van der Waals surface area (Å²) in [7, 11) is 0. The van der Waals surface area contributed by atoms with Crippen LogP contribution in [0.3, 0.4) is 0 Å². The molecule has 0 fully saturated rings. The first kappa shape index (κ1) is 18.3. The average Bonchev–Trinajstić information content (AvgIpc) is 3.13. The van der Waals surface area contributed by atoms with Crippen molar-refractivity contribution in [1.82, 2.24) is 14.9 Å². The van der Waals surface area contributed by atoms with Gasteiger partial charge < -0.3 is 9.88 Å². The summed E-state index contributed by atoms with van der Waals surface area (Å²) in [5.74, 6) is -0.304. The number of carbonyl (C=O) groups is 1. The molecule has 3 aromatic rings. The van der Waals surface area contributed by atoms with E-state index in [1.54, 1.807) is 17.4 Å². The first-order valence-corrected chi connectivity index (χ1v) is 9.42. The lowest BCUT2D eigenvalue weighted by molar-refractivity contribution is -0.121. The zero-order valence-electron chi connectivity index (χ0n) is 15.2. The van der Waals surface area contributed by atoms with Crippen molar-refractivity contribution in [2.24, 2.45) is 0 Å². The van der Waals surface area contributed by atoms with Crippen molar-refractivity contribution in [1.29, 1.82) is 0 Å². The minimum absolute atomic E-state index is 0.0517. The minimum atomic E-state index is -0.253. The number of benzene rings is 1. The Morgan fingerprint density at radius 3 is 2.77 bits per heavy atom. The maximum absolute atomic E-state index is 13.2. The third kappa shape index (κ3) is 4.19. The predicted molar refractivity (Wildman–Crippen MR) is 103 cm³/mol. The Balaban J connectivity index is 1.61. The zero-order chi connectivity index (χ0) is 18.7. The fourth-order valence-electron chi connectivity index (χ4n) is 3.03. The molecule has 0 atom stereocenters. The van der Waals surface area contributed by atoms with Gasteiger partial charge in [-0.15, -0.1) is 11.3 Å². The number of aryl methyl sites for hydroxylation is 2. The van der Waals surface area contributed by atoms with Gasteiger partial charge in [-0.25, -0.2) is 9.37 Å². The molecule has 1 N–H and O–H groups in total. The third-order valence-corrected chi connectivity index (χ3v) is 5.17. The number of thiazole rings is 1. The van der Waals surface area contributed by atoms with E-state index in [1.165, 1.54) is 12.1 Å². The zero-order valence-corrected chi connectivity index (χ0v) is 16.0. The van der Waals surface area contributed by atoms with E-state index in [9.17, 15) is 9.18 Å². The lowest BCUT2D eigenvalue weighted by Gasteiger charge is -2.10. The summed E-state index contributed by atoms with van der Waals surface area (Å²) in [6, 6.07) is 8.53. The van der Waals surface area contributed by atoms with Gasteiger partial charge in [-0.2, -0.15) is 0 Å². The number of halogens is 1. The molecule has 0 aliphatic heterocycles. The van der Waals surface area contributed by atoms with Crippen molar-refractivity contribution in [3.8, 4) is 11.3 Å². The number of aromatic nitrogens is 2. The summed E-state index contributed by atoms with van der Waals surface area (Å²) in [5.41, 5.74) is 4.97. The topological polar surface area (TPSA) is 46.9 Å². The van der Waals surface area contributed by atoms with Crippen LogP contribution in [0.15, 0.2) is 35.7 Å². The molecule has 4 nitrogen and oxygen atoms in total. The highest BCUT2D eigenvalue weighted by atomic mass is 32.1. The molecule has 0 aliphatic carbocycles. The second kappa shape index (κ2) is 7.83. The number of hydrogen-bond donors (Lipinski definition) is 1. The van der Waals surface area contributed by atoms with Crippen molar-refractivity contribution >= 4 is 17.2 Å². The molecule has 0 saturated carbocycles. The van der Waals surface area contributed by atoms with E-state index in [0.29, 0.717) is 13.0 Å². The molecule has 1 aromatic carbocycles. The van der Waals surface area contributed by atoms with Crippen LogP contribution in [0.5, 0.6) is 0 Å². The van der Waals surface area contributed by atoms with E-state index >= 15 is 0 Å². The van der Waals surface area contributed by atoms with E-state index in [0.717, 1.165) is 33.2 Å². The van der Waals surface area contributed by atoms with Crippen molar-refractivity contribution in [3.05, 3.63) is 63.5 Å². The quantitative estimate of drug-likeness (QED) is 0.711. The van der Waals surface area contributed by atoms with Crippen LogP contribution in [0.1, 0.15) is 22.0 Å². The van der Waals surface area contributed by atoms with Crippen LogP contribution >= 0.6 is 11.3 Å². The van der Waals surface area contributed by atoms with Crippen molar-refractivity contribution in [2.45, 2.75) is 33.7 Å². The monoisotopic (exact) mass is 371 g/mol. The van der Waals surface area contributed by atoms with Gasteiger partial charge in [0.1, 0.15) is 12.4 Å². The standard InChI is InChI=1S/C20H22FN3OS/c1-13-9-18(19-12-26-15(3)23-19)14(2)24(13)11-20(25)22-8-7-16-5-4-6-17(21)10-16/h4-6,9-10,12H,7-8,11H2,1-3H3,(H,22,25). The van der Waals surface area contributed by atoms with Crippen LogP contribution in [-0.2, 0) is 17.8 Å². The van der Waals surface area contributed by atoms with Crippen LogP contribution in [0, 0.1) is 26.6 Å². The number of hydrogen-bond acceptors (Lipinski definition) is 3. The lowest BCUT2D eigenvalue weighted by Crippen LogP contribution is -2.30. The van der Waals surface area contributed by atoms with Gasteiger partial charge in [0.25, 0.3) is 0 Å². The number of amides is 1. The van der Waals surface area contributed by atoms with Gasteiger partial charge in [0.2, 0.25) is 5.91 Å². The number of carbonyl (C=O) groups excluding carboxylic acids is 1. The van der Waals surface area contributed by atoms with Crippen LogP contribution in [0.4, 0.5) is 4.39 Å². The first-order chi connectivity index (χ1) is 12.4. The normalized spacial score (nSPS) is 10.9. The van der Waals surface area contributed by atoms with Crippen molar-refractivity contribution in [3.63, 3.8) is 0 Å². The molecule has 2 heterocycles. The Hall–Kier alpha value is -2.47. The van der Waals surface area contributed by atoms with Crippen LogP contribution in [0.25, 0.3) is 11.3 Å². The maximum atomic E-state index is 13.2. The number of nitrogens with zero attached hydrogens (tertiary/aromatic N) is 2.